The van der Waals surface area contributed by atoms with Crippen molar-refractivity contribution in [3.63, 3.8) is 0 Å². The second-order valence-electron chi connectivity index (χ2n) is 5.39. The van der Waals surface area contributed by atoms with Gasteiger partial charge in [-0.1, -0.05) is 0 Å². The molecule has 1 aromatic heterocycles. The Labute approximate surface area is 142 Å². The summed E-state index contributed by atoms with van der Waals surface area (Å²) in [6, 6.07) is 4.93. The molecule has 3 N–H and O–H groups in total. The number of H-pyrrole nitrogens is 1. The zero-order valence-corrected chi connectivity index (χ0v) is 13.8. The number of hydrogen-bond acceptors (Lipinski definition) is 5. The number of aromatic amines is 1. The summed E-state index contributed by atoms with van der Waals surface area (Å²) in [7, 11) is 0. The van der Waals surface area contributed by atoms with Crippen LogP contribution >= 0.6 is 0 Å². The van der Waals surface area contributed by atoms with Crippen molar-refractivity contribution in [3.8, 4) is 0 Å². The van der Waals surface area contributed by atoms with Crippen LogP contribution in [-0.2, 0) is 0 Å². The zero-order valence-electron chi connectivity index (χ0n) is 13.8. The molecule has 0 spiro atoms. The standard InChI is InChI=1S/C16H16N4O5/c1-8-13(10(3)21)9(2)17-14(8)16(23)19-18-15(22)11-4-6-12(7-5-11)20(24)25/h4-7,17H,1-3H3,(H,18,22)(H,19,23). The first-order chi connectivity index (χ1) is 11.7. The molecule has 0 bridgehead atoms. The summed E-state index contributed by atoms with van der Waals surface area (Å²) in [5, 5.41) is 10.6. The van der Waals surface area contributed by atoms with Crippen molar-refractivity contribution < 1.29 is 19.3 Å². The Hall–Kier alpha value is -3.49. The van der Waals surface area contributed by atoms with Crippen LogP contribution in [0, 0.1) is 24.0 Å². The van der Waals surface area contributed by atoms with Crippen LogP contribution in [0.3, 0.4) is 0 Å². The number of amides is 2. The second-order valence-corrected chi connectivity index (χ2v) is 5.39. The topological polar surface area (TPSA) is 134 Å². The fraction of sp³-hybridized carbons (Fsp3) is 0.188. The van der Waals surface area contributed by atoms with Crippen LogP contribution in [0.4, 0.5) is 5.69 Å². The molecule has 130 valence electrons. The van der Waals surface area contributed by atoms with E-state index in [9.17, 15) is 24.5 Å². The minimum Gasteiger partial charge on any atom is -0.354 e. The molecule has 0 unspecified atom stereocenters. The summed E-state index contributed by atoms with van der Waals surface area (Å²) in [6.45, 7) is 4.71. The van der Waals surface area contributed by atoms with Crippen molar-refractivity contribution in [2.45, 2.75) is 20.8 Å². The number of nitro benzene ring substituents is 1. The molecule has 2 aromatic rings. The predicted octanol–water partition coefficient (Wildman–Crippen LogP) is 1.82. The molecule has 9 nitrogen and oxygen atoms in total. The van der Waals surface area contributed by atoms with E-state index >= 15 is 0 Å². The van der Waals surface area contributed by atoms with Gasteiger partial charge >= 0.3 is 0 Å². The van der Waals surface area contributed by atoms with Gasteiger partial charge < -0.3 is 4.98 Å². The minimum atomic E-state index is -0.629. The lowest BCUT2D eigenvalue weighted by Gasteiger charge is -2.07. The molecule has 9 heteroatoms. The lowest BCUT2D eigenvalue weighted by Crippen LogP contribution is -2.42. The summed E-state index contributed by atoms with van der Waals surface area (Å²) >= 11 is 0. The molecule has 0 atom stereocenters. The zero-order chi connectivity index (χ0) is 18.7. The Morgan fingerprint density at radius 2 is 1.60 bits per heavy atom. The number of nitro groups is 1. The Bertz CT molecular complexity index is 867. The molecule has 0 radical (unpaired) electrons. The number of hydrazine groups is 1. The molecule has 0 aliphatic rings. The monoisotopic (exact) mass is 344 g/mol. The van der Waals surface area contributed by atoms with Crippen LogP contribution in [0.5, 0.6) is 0 Å². The van der Waals surface area contributed by atoms with Crippen molar-refractivity contribution in [2.75, 3.05) is 0 Å². The van der Waals surface area contributed by atoms with Gasteiger partial charge in [-0.2, -0.15) is 0 Å². The van der Waals surface area contributed by atoms with Crippen molar-refractivity contribution in [1.82, 2.24) is 15.8 Å². The molecule has 0 saturated heterocycles. The number of aromatic nitrogens is 1. The van der Waals surface area contributed by atoms with E-state index in [-0.39, 0.29) is 22.7 Å². The highest BCUT2D eigenvalue weighted by Gasteiger charge is 2.20. The van der Waals surface area contributed by atoms with Crippen molar-refractivity contribution in [1.29, 1.82) is 0 Å². The van der Waals surface area contributed by atoms with Crippen LogP contribution in [0.15, 0.2) is 24.3 Å². The molecule has 0 aliphatic carbocycles. The van der Waals surface area contributed by atoms with Gasteiger partial charge in [-0.05, 0) is 38.5 Å². The number of Topliss-reactive ketones (excluding diaryl/α,β-unsaturated/α-hetero) is 1. The molecule has 25 heavy (non-hydrogen) atoms. The number of carbonyl (C=O) groups excluding carboxylic acids is 3. The highest BCUT2D eigenvalue weighted by molar-refractivity contribution is 6.03. The Morgan fingerprint density at radius 3 is 2.08 bits per heavy atom. The van der Waals surface area contributed by atoms with Crippen LogP contribution in [0.25, 0.3) is 0 Å². The van der Waals surface area contributed by atoms with Crippen LogP contribution in [0.2, 0.25) is 0 Å². The van der Waals surface area contributed by atoms with Crippen LogP contribution in [-0.4, -0.2) is 27.5 Å². The molecular weight excluding hydrogens is 328 g/mol. The summed E-state index contributed by atoms with van der Waals surface area (Å²) in [6.07, 6.45) is 0. The molecule has 2 amide bonds. The van der Waals surface area contributed by atoms with E-state index < -0.39 is 16.7 Å². The number of nitrogens with one attached hydrogen (secondary N) is 3. The average Bonchev–Trinajstić information content (AvgIpc) is 2.87. The normalized spacial score (nSPS) is 10.2. The van der Waals surface area contributed by atoms with Gasteiger partial charge in [0.1, 0.15) is 5.69 Å². The number of ketones is 1. The van der Waals surface area contributed by atoms with Crippen LogP contribution in [0.1, 0.15) is 49.4 Å². The number of benzene rings is 1. The molecule has 0 aliphatic heterocycles. The lowest BCUT2D eigenvalue weighted by molar-refractivity contribution is -0.384. The third-order valence-electron chi connectivity index (χ3n) is 3.65. The molecular formula is C16H16N4O5. The second kappa shape index (κ2) is 6.95. The van der Waals surface area contributed by atoms with E-state index in [0.717, 1.165) is 0 Å². The van der Waals surface area contributed by atoms with Gasteiger partial charge in [-0.15, -0.1) is 0 Å². The number of nitrogens with zero attached hydrogens (tertiary/aromatic N) is 1. The summed E-state index contributed by atoms with van der Waals surface area (Å²) in [4.78, 5) is 48.5. The maximum absolute atomic E-state index is 12.2. The van der Waals surface area contributed by atoms with E-state index in [1.165, 1.54) is 31.2 Å². The van der Waals surface area contributed by atoms with Gasteiger partial charge in [-0.3, -0.25) is 35.3 Å². The van der Waals surface area contributed by atoms with Gasteiger partial charge in [0.2, 0.25) is 0 Å². The quantitative estimate of drug-likeness (QED) is 0.442. The molecule has 0 saturated carbocycles. The number of hydrogen-bond donors (Lipinski definition) is 3. The third-order valence-corrected chi connectivity index (χ3v) is 3.65. The van der Waals surface area contributed by atoms with Crippen molar-refractivity contribution >= 4 is 23.3 Å². The lowest BCUT2D eigenvalue weighted by atomic mass is 10.1. The number of rotatable bonds is 4. The average molecular weight is 344 g/mol. The Morgan fingerprint density at radius 1 is 1.04 bits per heavy atom. The highest BCUT2D eigenvalue weighted by Crippen LogP contribution is 2.18. The summed E-state index contributed by atoms with van der Waals surface area (Å²) in [5.74, 6) is -1.40. The SMILES string of the molecule is CC(=O)c1c(C)[nH]c(C(=O)NNC(=O)c2ccc([N+](=O)[O-])cc2)c1C. The number of carbonyl (C=O) groups is 3. The van der Waals surface area contributed by atoms with Gasteiger partial charge in [0.25, 0.3) is 17.5 Å². The Balaban J connectivity index is 2.07. The van der Waals surface area contributed by atoms with E-state index in [1.807, 2.05) is 0 Å². The van der Waals surface area contributed by atoms with Gasteiger partial charge in [0.15, 0.2) is 5.78 Å². The van der Waals surface area contributed by atoms with Gasteiger partial charge in [-0.25, -0.2) is 0 Å². The maximum atomic E-state index is 12.2. The van der Waals surface area contributed by atoms with Gasteiger partial charge in [0.05, 0.1) is 4.92 Å². The number of non-ortho nitro benzene ring substituents is 1. The van der Waals surface area contributed by atoms with Crippen molar-refractivity contribution in [2.24, 2.45) is 0 Å². The van der Waals surface area contributed by atoms with E-state index in [1.54, 1.807) is 13.8 Å². The third kappa shape index (κ3) is 3.71. The fourth-order valence-electron chi connectivity index (χ4n) is 2.49. The smallest absolute Gasteiger partial charge is 0.286 e. The van der Waals surface area contributed by atoms with E-state index in [0.29, 0.717) is 16.8 Å². The fourth-order valence-corrected chi connectivity index (χ4v) is 2.49. The first-order valence-corrected chi connectivity index (χ1v) is 7.27. The van der Waals surface area contributed by atoms with E-state index in [4.69, 9.17) is 0 Å². The first kappa shape index (κ1) is 17.9. The number of aryl methyl sites for hydroxylation is 1. The Kier molecular flexibility index (Phi) is 4.97. The maximum Gasteiger partial charge on any atom is 0.286 e. The molecule has 1 heterocycles. The molecule has 0 fully saturated rings. The van der Waals surface area contributed by atoms with Gasteiger partial charge in [0, 0.05) is 29.0 Å². The molecule has 2 rings (SSSR count). The minimum absolute atomic E-state index is 0.144. The first-order valence-electron chi connectivity index (χ1n) is 7.27. The van der Waals surface area contributed by atoms with Crippen LogP contribution < -0.4 is 10.9 Å². The van der Waals surface area contributed by atoms with E-state index in [2.05, 4.69) is 15.8 Å². The predicted molar refractivity (Wildman–Crippen MR) is 88.3 cm³/mol. The molecule has 1 aromatic carbocycles. The highest BCUT2D eigenvalue weighted by atomic mass is 16.6. The summed E-state index contributed by atoms with van der Waals surface area (Å²) < 4.78 is 0. The summed E-state index contributed by atoms with van der Waals surface area (Å²) in [5.41, 5.74) is 6.13. The van der Waals surface area contributed by atoms with Crippen molar-refractivity contribution in [3.05, 3.63) is 62.5 Å². The largest absolute Gasteiger partial charge is 0.354 e.